The van der Waals surface area contributed by atoms with Crippen LogP contribution in [0.25, 0.3) is 0 Å². The number of hydrogen-bond donors (Lipinski definition) is 2. The van der Waals surface area contributed by atoms with Gasteiger partial charge < -0.3 is 24.7 Å². The van der Waals surface area contributed by atoms with E-state index in [0.717, 1.165) is 31.6 Å². The molecule has 1 unspecified atom stereocenters. The Morgan fingerprint density at radius 2 is 2.35 bits per heavy atom. The van der Waals surface area contributed by atoms with Gasteiger partial charge in [0.1, 0.15) is 11.9 Å². The van der Waals surface area contributed by atoms with Crippen LogP contribution in [0.2, 0.25) is 0 Å². The molecule has 2 fully saturated rings. The van der Waals surface area contributed by atoms with E-state index in [9.17, 15) is 4.79 Å². The second kappa shape index (κ2) is 7.31. The summed E-state index contributed by atoms with van der Waals surface area (Å²) in [4.78, 5) is 16.7. The number of amides is 2. The zero-order valence-corrected chi connectivity index (χ0v) is 13.8. The van der Waals surface area contributed by atoms with Crippen LogP contribution in [0.4, 0.5) is 4.79 Å². The van der Waals surface area contributed by atoms with E-state index in [2.05, 4.69) is 27.1 Å². The highest BCUT2D eigenvalue weighted by Gasteiger charge is 2.36. The monoisotopic (exact) mass is 322 g/mol. The minimum atomic E-state index is -0.183. The van der Waals surface area contributed by atoms with Gasteiger partial charge in [0.05, 0.1) is 18.7 Å². The second-order valence-electron chi connectivity index (χ2n) is 6.28. The van der Waals surface area contributed by atoms with Crippen molar-refractivity contribution in [2.24, 2.45) is 5.92 Å². The van der Waals surface area contributed by atoms with E-state index >= 15 is 0 Å². The molecule has 0 spiro atoms. The van der Waals surface area contributed by atoms with Crippen molar-refractivity contribution in [3.8, 4) is 0 Å². The van der Waals surface area contributed by atoms with Gasteiger partial charge in [-0.2, -0.15) is 0 Å². The molecule has 1 aromatic rings. The zero-order valence-electron chi connectivity index (χ0n) is 13.8. The summed E-state index contributed by atoms with van der Waals surface area (Å²) < 4.78 is 13.1. The molecule has 7 heteroatoms. The summed E-state index contributed by atoms with van der Waals surface area (Å²) in [6.07, 6.45) is 6.66. The van der Waals surface area contributed by atoms with Crippen molar-refractivity contribution >= 4 is 6.03 Å². The molecule has 23 heavy (non-hydrogen) atoms. The van der Waals surface area contributed by atoms with Gasteiger partial charge in [0.15, 0.2) is 0 Å². The van der Waals surface area contributed by atoms with E-state index < -0.39 is 0 Å². The van der Waals surface area contributed by atoms with Crippen LogP contribution in [0.5, 0.6) is 0 Å². The summed E-state index contributed by atoms with van der Waals surface area (Å²) in [5.74, 6) is 1.43. The average Bonchev–Trinajstić information content (AvgIpc) is 3.11. The van der Waals surface area contributed by atoms with Crippen LogP contribution in [0.15, 0.2) is 12.4 Å². The Morgan fingerprint density at radius 1 is 1.52 bits per heavy atom. The molecule has 2 N–H and O–H groups in total. The van der Waals surface area contributed by atoms with Crippen molar-refractivity contribution in [3.63, 3.8) is 0 Å². The lowest BCUT2D eigenvalue weighted by molar-refractivity contribution is 0.0896. The van der Waals surface area contributed by atoms with Crippen molar-refractivity contribution in [1.82, 2.24) is 20.2 Å². The number of hydrogen-bond acceptors (Lipinski definition) is 4. The third-order valence-corrected chi connectivity index (χ3v) is 4.60. The first kappa shape index (κ1) is 16.3. The molecule has 1 saturated heterocycles. The predicted molar refractivity (Wildman–Crippen MR) is 85.1 cm³/mol. The van der Waals surface area contributed by atoms with Gasteiger partial charge in [0, 0.05) is 32.7 Å². The summed E-state index contributed by atoms with van der Waals surface area (Å²) >= 11 is 0. The van der Waals surface area contributed by atoms with Gasteiger partial charge >= 0.3 is 6.03 Å². The molecular formula is C16H26N4O3. The minimum Gasteiger partial charge on any atom is -0.383 e. The third kappa shape index (κ3) is 3.84. The second-order valence-corrected chi connectivity index (χ2v) is 6.28. The molecule has 0 aromatic carbocycles. The molecule has 1 aliphatic heterocycles. The summed E-state index contributed by atoms with van der Waals surface area (Å²) in [6, 6.07) is -0.0995. The van der Waals surface area contributed by atoms with Crippen molar-refractivity contribution in [2.45, 2.75) is 50.9 Å². The van der Waals surface area contributed by atoms with Crippen molar-refractivity contribution in [3.05, 3.63) is 18.2 Å². The van der Waals surface area contributed by atoms with Gasteiger partial charge in [0.2, 0.25) is 0 Å². The normalized spacial score (nSPS) is 25.3. The standard InChI is InChI=1S/C16H26N4O3/c1-3-20-8-7-17-15(20)14-12(6-9-23-14)18-16(21)19-13(10-22-2)11-4-5-11/h7-8,11-14H,3-6,9-10H2,1-2H3,(H2,18,19,21)/t12-,13?,14-/m0/s1. The summed E-state index contributed by atoms with van der Waals surface area (Å²) in [5.41, 5.74) is 0. The fourth-order valence-corrected chi connectivity index (χ4v) is 3.19. The molecule has 3 atom stereocenters. The molecule has 7 nitrogen and oxygen atoms in total. The number of urea groups is 1. The lowest BCUT2D eigenvalue weighted by Gasteiger charge is -2.23. The van der Waals surface area contributed by atoms with Gasteiger partial charge in [-0.15, -0.1) is 0 Å². The summed E-state index contributed by atoms with van der Waals surface area (Å²) in [5, 5.41) is 6.10. The Kier molecular flexibility index (Phi) is 5.17. The van der Waals surface area contributed by atoms with Gasteiger partial charge in [0.25, 0.3) is 0 Å². The van der Waals surface area contributed by atoms with Crippen LogP contribution >= 0.6 is 0 Å². The third-order valence-electron chi connectivity index (χ3n) is 4.60. The SMILES string of the molecule is CCn1ccnc1[C@H]1OCC[C@@H]1NC(=O)NC(COC)C1CC1. The van der Waals surface area contributed by atoms with E-state index in [-0.39, 0.29) is 24.2 Å². The van der Waals surface area contributed by atoms with Crippen LogP contribution in [-0.4, -0.2) is 48.0 Å². The molecule has 0 bridgehead atoms. The molecule has 1 saturated carbocycles. The number of carbonyl (C=O) groups excluding carboxylic acids is 1. The molecule has 1 aromatic heterocycles. The molecule has 2 amide bonds. The first-order valence-corrected chi connectivity index (χ1v) is 8.41. The maximum atomic E-state index is 12.3. The topological polar surface area (TPSA) is 77.4 Å². The Balaban J connectivity index is 1.58. The van der Waals surface area contributed by atoms with E-state index in [0.29, 0.717) is 19.1 Å². The molecule has 2 heterocycles. The number of carbonyl (C=O) groups is 1. The number of nitrogens with one attached hydrogen (secondary N) is 2. The Bertz CT molecular complexity index is 529. The summed E-state index contributed by atoms with van der Waals surface area (Å²) in [6.45, 7) is 4.10. The Labute approximate surface area is 136 Å². The number of aryl methyl sites for hydroxylation is 1. The molecular weight excluding hydrogens is 296 g/mol. The van der Waals surface area contributed by atoms with E-state index in [1.165, 1.54) is 0 Å². The lowest BCUT2D eigenvalue weighted by atomic mass is 10.1. The molecule has 0 radical (unpaired) electrons. The van der Waals surface area contributed by atoms with Crippen molar-refractivity contribution in [1.29, 1.82) is 0 Å². The Morgan fingerprint density at radius 3 is 3.04 bits per heavy atom. The van der Waals surface area contributed by atoms with Crippen molar-refractivity contribution in [2.75, 3.05) is 20.3 Å². The molecule has 2 aliphatic rings. The van der Waals surface area contributed by atoms with E-state index in [1.807, 2.05) is 6.20 Å². The van der Waals surface area contributed by atoms with E-state index in [1.54, 1.807) is 13.3 Å². The van der Waals surface area contributed by atoms with Gasteiger partial charge in [-0.1, -0.05) is 0 Å². The predicted octanol–water partition coefficient (Wildman–Crippen LogP) is 1.46. The van der Waals surface area contributed by atoms with Gasteiger partial charge in [-0.25, -0.2) is 9.78 Å². The fraction of sp³-hybridized carbons (Fsp3) is 0.750. The number of aromatic nitrogens is 2. The highest BCUT2D eigenvalue weighted by Crippen LogP contribution is 2.33. The highest BCUT2D eigenvalue weighted by atomic mass is 16.5. The first-order chi connectivity index (χ1) is 11.2. The van der Waals surface area contributed by atoms with Gasteiger partial charge in [-0.05, 0) is 32.1 Å². The minimum absolute atomic E-state index is 0.0508. The zero-order chi connectivity index (χ0) is 16.2. The Hall–Kier alpha value is -1.60. The maximum absolute atomic E-state index is 12.3. The van der Waals surface area contributed by atoms with Crippen molar-refractivity contribution < 1.29 is 14.3 Å². The van der Waals surface area contributed by atoms with Crippen LogP contribution in [0, 0.1) is 5.92 Å². The summed E-state index contributed by atoms with van der Waals surface area (Å²) in [7, 11) is 1.67. The van der Waals surface area contributed by atoms with Crippen LogP contribution in [-0.2, 0) is 16.0 Å². The van der Waals surface area contributed by atoms with Crippen LogP contribution in [0.3, 0.4) is 0 Å². The van der Waals surface area contributed by atoms with Crippen LogP contribution < -0.4 is 10.6 Å². The van der Waals surface area contributed by atoms with Gasteiger partial charge in [-0.3, -0.25) is 0 Å². The smallest absolute Gasteiger partial charge is 0.315 e. The number of nitrogens with zero attached hydrogens (tertiary/aromatic N) is 2. The number of methoxy groups -OCH3 is 1. The average molecular weight is 322 g/mol. The largest absolute Gasteiger partial charge is 0.383 e. The molecule has 1 aliphatic carbocycles. The molecule has 3 rings (SSSR count). The number of rotatable bonds is 7. The first-order valence-electron chi connectivity index (χ1n) is 8.41. The quantitative estimate of drug-likeness (QED) is 0.797. The lowest BCUT2D eigenvalue weighted by Crippen LogP contribution is -2.49. The van der Waals surface area contributed by atoms with Crippen LogP contribution in [0.1, 0.15) is 38.1 Å². The highest BCUT2D eigenvalue weighted by molar-refractivity contribution is 5.74. The fourth-order valence-electron chi connectivity index (χ4n) is 3.19. The maximum Gasteiger partial charge on any atom is 0.315 e. The molecule has 128 valence electrons. The number of imidazole rings is 1. The van der Waals surface area contributed by atoms with E-state index in [4.69, 9.17) is 9.47 Å². The number of ether oxygens (including phenoxy) is 2.